The maximum absolute atomic E-state index is 12.5. The average Bonchev–Trinajstić information content (AvgIpc) is 3.00. The summed E-state index contributed by atoms with van der Waals surface area (Å²) in [7, 11) is -2.14. The number of aromatic carboxylic acids is 1. The first-order chi connectivity index (χ1) is 9.84. The largest absolute Gasteiger partial charge is 0.478 e. The van der Waals surface area contributed by atoms with Crippen LogP contribution in [-0.4, -0.2) is 30.8 Å². The molecule has 0 aliphatic carbocycles. The number of carbonyl (C=O) groups is 1. The lowest BCUT2D eigenvalue weighted by atomic mass is 10.2. The molecule has 0 fully saturated rings. The van der Waals surface area contributed by atoms with Crippen molar-refractivity contribution in [2.75, 3.05) is 7.05 Å². The van der Waals surface area contributed by atoms with Gasteiger partial charge in [-0.3, -0.25) is 0 Å². The van der Waals surface area contributed by atoms with E-state index in [9.17, 15) is 13.2 Å². The van der Waals surface area contributed by atoms with Crippen LogP contribution < -0.4 is 0 Å². The first-order valence-electron chi connectivity index (χ1n) is 6.19. The van der Waals surface area contributed by atoms with E-state index >= 15 is 0 Å². The van der Waals surface area contributed by atoms with Crippen molar-refractivity contribution >= 4 is 27.3 Å². The second-order valence-corrected chi connectivity index (χ2v) is 7.52. The molecule has 5 nitrogen and oxygen atoms in total. The van der Waals surface area contributed by atoms with Crippen LogP contribution in [0.1, 0.15) is 28.2 Å². The highest BCUT2D eigenvalue weighted by atomic mass is 32.2. The van der Waals surface area contributed by atoms with Gasteiger partial charge in [-0.15, -0.1) is 11.3 Å². The Morgan fingerprint density at radius 3 is 2.33 bits per heavy atom. The van der Waals surface area contributed by atoms with Gasteiger partial charge in [-0.05, 0) is 42.6 Å². The third-order valence-electron chi connectivity index (χ3n) is 3.28. The molecule has 2 rings (SSSR count). The fourth-order valence-corrected chi connectivity index (χ4v) is 4.09. The Morgan fingerprint density at radius 1 is 1.24 bits per heavy atom. The van der Waals surface area contributed by atoms with E-state index in [2.05, 4.69) is 0 Å². The van der Waals surface area contributed by atoms with Crippen molar-refractivity contribution in [3.8, 4) is 0 Å². The molecule has 0 aliphatic heterocycles. The van der Waals surface area contributed by atoms with E-state index in [0.29, 0.717) is 0 Å². The molecule has 0 aliphatic rings. The minimum Gasteiger partial charge on any atom is -0.478 e. The van der Waals surface area contributed by atoms with Gasteiger partial charge >= 0.3 is 5.97 Å². The van der Waals surface area contributed by atoms with E-state index in [-0.39, 0.29) is 16.5 Å². The highest BCUT2D eigenvalue weighted by Crippen LogP contribution is 2.28. The lowest BCUT2D eigenvalue weighted by Crippen LogP contribution is -2.29. The standard InChI is InChI=1S/C14H15NO4S2/c1-10(13-4-3-9-20-13)15(2)21(18,19)12-7-5-11(6-8-12)14(16)17/h3-10H,1-2H3,(H,16,17)/t10-/m1/s1. The number of benzene rings is 1. The fraction of sp³-hybridized carbons (Fsp3) is 0.214. The summed E-state index contributed by atoms with van der Waals surface area (Å²) >= 11 is 1.49. The SMILES string of the molecule is C[C@H](c1cccs1)N(C)S(=O)(=O)c1ccc(C(=O)O)cc1. The molecule has 0 spiro atoms. The average molecular weight is 325 g/mol. The summed E-state index contributed by atoms with van der Waals surface area (Å²) in [6.45, 7) is 1.81. The predicted molar refractivity (Wildman–Crippen MR) is 81.1 cm³/mol. The van der Waals surface area contributed by atoms with Crippen molar-refractivity contribution in [3.05, 3.63) is 52.2 Å². The number of sulfonamides is 1. The lowest BCUT2D eigenvalue weighted by Gasteiger charge is -2.23. The van der Waals surface area contributed by atoms with Gasteiger partial charge in [-0.1, -0.05) is 6.07 Å². The zero-order valence-electron chi connectivity index (χ0n) is 11.6. The number of nitrogens with zero attached hydrogens (tertiary/aromatic N) is 1. The Bertz CT molecular complexity index is 721. The lowest BCUT2D eigenvalue weighted by molar-refractivity contribution is 0.0696. The van der Waals surface area contributed by atoms with Gasteiger partial charge in [0.2, 0.25) is 10.0 Å². The van der Waals surface area contributed by atoms with Gasteiger partial charge in [-0.25, -0.2) is 13.2 Å². The molecular weight excluding hydrogens is 310 g/mol. The zero-order chi connectivity index (χ0) is 15.6. The minimum atomic E-state index is -3.66. The van der Waals surface area contributed by atoms with Crippen LogP contribution in [-0.2, 0) is 10.0 Å². The molecule has 1 heterocycles. The van der Waals surface area contributed by atoms with Crippen LogP contribution in [0.15, 0.2) is 46.7 Å². The summed E-state index contributed by atoms with van der Waals surface area (Å²) in [6.07, 6.45) is 0. The third-order valence-corrected chi connectivity index (χ3v) is 6.26. The van der Waals surface area contributed by atoms with Crippen molar-refractivity contribution in [2.24, 2.45) is 0 Å². The smallest absolute Gasteiger partial charge is 0.335 e. The van der Waals surface area contributed by atoms with E-state index in [1.54, 1.807) is 0 Å². The third kappa shape index (κ3) is 3.15. The van der Waals surface area contributed by atoms with Crippen LogP contribution in [0.25, 0.3) is 0 Å². The molecule has 1 atom stereocenters. The van der Waals surface area contributed by atoms with E-state index in [4.69, 9.17) is 5.11 Å². The molecule has 21 heavy (non-hydrogen) atoms. The molecule has 1 N–H and O–H groups in total. The molecule has 1 aromatic carbocycles. The first-order valence-corrected chi connectivity index (χ1v) is 8.51. The molecule has 0 unspecified atom stereocenters. The fourth-order valence-electron chi connectivity index (χ4n) is 1.85. The maximum Gasteiger partial charge on any atom is 0.335 e. The number of hydrogen-bond acceptors (Lipinski definition) is 4. The predicted octanol–water partition coefficient (Wildman–Crippen LogP) is 2.83. The highest BCUT2D eigenvalue weighted by molar-refractivity contribution is 7.89. The Morgan fingerprint density at radius 2 is 1.86 bits per heavy atom. The molecule has 0 amide bonds. The van der Waals surface area contributed by atoms with Gasteiger partial charge in [0.25, 0.3) is 0 Å². The van der Waals surface area contributed by atoms with Crippen LogP contribution >= 0.6 is 11.3 Å². The van der Waals surface area contributed by atoms with Gasteiger partial charge in [0.05, 0.1) is 16.5 Å². The highest BCUT2D eigenvalue weighted by Gasteiger charge is 2.26. The normalized spacial score (nSPS) is 13.3. The number of carboxylic acids is 1. The van der Waals surface area contributed by atoms with Crippen molar-refractivity contribution in [3.63, 3.8) is 0 Å². The molecule has 0 radical (unpaired) electrons. The van der Waals surface area contributed by atoms with E-state index in [1.165, 1.54) is 47.0 Å². The van der Waals surface area contributed by atoms with Crippen LogP contribution in [0.4, 0.5) is 0 Å². The van der Waals surface area contributed by atoms with Gasteiger partial charge < -0.3 is 5.11 Å². The molecule has 0 saturated heterocycles. The number of rotatable bonds is 5. The maximum atomic E-state index is 12.5. The second kappa shape index (κ2) is 5.97. The zero-order valence-corrected chi connectivity index (χ0v) is 13.2. The molecule has 1 aromatic heterocycles. The van der Waals surface area contributed by atoms with Crippen molar-refractivity contribution in [1.29, 1.82) is 0 Å². The van der Waals surface area contributed by atoms with Crippen LogP contribution in [0, 0.1) is 0 Å². The van der Waals surface area contributed by atoms with Crippen LogP contribution in [0.3, 0.4) is 0 Å². The summed E-state index contributed by atoms with van der Waals surface area (Å²) < 4.78 is 26.4. The first kappa shape index (κ1) is 15.7. The molecule has 112 valence electrons. The van der Waals surface area contributed by atoms with Gasteiger partial charge in [0, 0.05) is 11.9 Å². The number of hydrogen-bond donors (Lipinski definition) is 1. The summed E-state index contributed by atoms with van der Waals surface area (Å²) in [5.74, 6) is -1.08. The second-order valence-electron chi connectivity index (χ2n) is 4.54. The topological polar surface area (TPSA) is 74.7 Å². The molecule has 2 aromatic rings. The van der Waals surface area contributed by atoms with Gasteiger partial charge in [-0.2, -0.15) is 4.31 Å². The summed E-state index contributed by atoms with van der Waals surface area (Å²) in [4.78, 5) is 11.8. The number of thiophene rings is 1. The van der Waals surface area contributed by atoms with Crippen LogP contribution in [0.2, 0.25) is 0 Å². The molecule has 7 heteroatoms. The summed E-state index contributed by atoms with van der Waals surface area (Å²) in [5, 5.41) is 10.7. The van der Waals surface area contributed by atoms with Gasteiger partial charge in [0.1, 0.15) is 0 Å². The van der Waals surface area contributed by atoms with Crippen LogP contribution in [0.5, 0.6) is 0 Å². The van der Waals surface area contributed by atoms with Crippen molar-refractivity contribution in [2.45, 2.75) is 17.9 Å². The quantitative estimate of drug-likeness (QED) is 0.917. The van der Waals surface area contributed by atoms with Crippen molar-refractivity contribution < 1.29 is 18.3 Å². The van der Waals surface area contributed by atoms with Gasteiger partial charge in [0.15, 0.2) is 0 Å². The summed E-state index contributed by atoms with van der Waals surface area (Å²) in [5.41, 5.74) is 0.0582. The Kier molecular flexibility index (Phi) is 4.46. The minimum absolute atomic E-state index is 0.0582. The van der Waals surface area contributed by atoms with E-state index in [0.717, 1.165) is 4.88 Å². The molecular formula is C14H15NO4S2. The van der Waals surface area contributed by atoms with E-state index in [1.807, 2.05) is 24.4 Å². The molecule has 0 bridgehead atoms. The summed E-state index contributed by atoms with van der Waals surface area (Å²) in [6, 6.07) is 8.69. The molecule has 0 saturated carbocycles. The Hall–Kier alpha value is -1.70. The number of carboxylic acid groups (broad SMARTS) is 1. The monoisotopic (exact) mass is 325 g/mol. The Labute approximate surface area is 127 Å². The van der Waals surface area contributed by atoms with Crippen molar-refractivity contribution in [1.82, 2.24) is 4.31 Å². The Balaban J connectivity index is 2.30. The van der Waals surface area contributed by atoms with E-state index < -0.39 is 16.0 Å².